The standard InChI is InChI=1S/C22H23NO2/c1-23(15-16-24)20-14-13-19(17-9-5-3-6-10-17)21(22(20)25-2)18-11-7-4-8-12-18/h3-14,24H,15-16H2,1-2H3. The number of hydrogen-bond donors (Lipinski definition) is 1. The first-order valence-electron chi connectivity index (χ1n) is 8.40. The van der Waals surface area contributed by atoms with E-state index in [0.29, 0.717) is 6.54 Å². The van der Waals surface area contributed by atoms with Gasteiger partial charge < -0.3 is 14.7 Å². The van der Waals surface area contributed by atoms with Gasteiger partial charge in [-0.25, -0.2) is 0 Å². The molecule has 3 rings (SSSR count). The molecule has 1 N–H and O–H groups in total. The van der Waals surface area contributed by atoms with E-state index in [1.54, 1.807) is 7.11 Å². The Hall–Kier alpha value is -2.78. The number of likely N-dealkylation sites (N-methyl/N-ethyl adjacent to an activating group) is 1. The Morgan fingerprint density at radius 1 is 0.840 bits per heavy atom. The summed E-state index contributed by atoms with van der Waals surface area (Å²) in [5.41, 5.74) is 5.42. The minimum Gasteiger partial charge on any atom is -0.494 e. The summed E-state index contributed by atoms with van der Waals surface area (Å²) in [6, 6.07) is 24.8. The molecule has 3 heteroatoms. The van der Waals surface area contributed by atoms with Gasteiger partial charge in [-0.3, -0.25) is 0 Å². The van der Waals surface area contributed by atoms with Crippen LogP contribution in [0.3, 0.4) is 0 Å². The van der Waals surface area contributed by atoms with Gasteiger partial charge in [-0.05, 0) is 22.8 Å². The fraction of sp³-hybridized carbons (Fsp3) is 0.182. The van der Waals surface area contributed by atoms with E-state index in [4.69, 9.17) is 4.74 Å². The number of aliphatic hydroxyl groups excluding tert-OH is 1. The van der Waals surface area contributed by atoms with Crippen LogP contribution < -0.4 is 9.64 Å². The molecule has 25 heavy (non-hydrogen) atoms. The van der Waals surface area contributed by atoms with Crippen molar-refractivity contribution in [3.8, 4) is 28.0 Å². The van der Waals surface area contributed by atoms with E-state index in [0.717, 1.165) is 33.7 Å². The first kappa shape index (κ1) is 17.1. The van der Waals surface area contributed by atoms with Gasteiger partial charge in [-0.1, -0.05) is 66.7 Å². The van der Waals surface area contributed by atoms with Crippen LogP contribution in [0.4, 0.5) is 5.69 Å². The zero-order valence-electron chi connectivity index (χ0n) is 14.6. The second kappa shape index (κ2) is 7.86. The third-order valence-corrected chi connectivity index (χ3v) is 4.33. The summed E-state index contributed by atoms with van der Waals surface area (Å²) in [5.74, 6) is 0.823. The van der Waals surface area contributed by atoms with E-state index in [2.05, 4.69) is 36.4 Å². The molecule has 0 heterocycles. The normalized spacial score (nSPS) is 10.5. The molecule has 0 spiro atoms. The zero-order chi connectivity index (χ0) is 17.6. The van der Waals surface area contributed by atoms with Gasteiger partial charge in [-0.2, -0.15) is 0 Å². The predicted molar refractivity (Wildman–Crippen MR) is 104 cm³/mol. The molecule has 0 aliphatic carbocycles. The van der Waals surface area contributed by atoms with Gasteiger partial charge in [0.1, 0.15) is 0 Å². The number of anilines is 1. The maximum absolute atomic E-state index is 9.30. The first-order chi connectivity index (χ1) is 12.3. The van der Waals surface area contributed by atoms with Crippen LogP contribution in [0.15, 0.2) is 72.8 Å². The molecule has 0 saturated heterocycles. The largest absolute Gasteiger partial charge is 0.494 e. The highest BCUT2D eigenvalue weighted by Crippen LogP contribution is 2.44. The maximum atomic E-state index is 9.30. The van der Waals surface area contributed by atoms with Crippen LogP contribution in [0.2, 0.25) is 0 Å². The number of ether oxygens (including phenoxy) is 1. The van der Waals surface area contributed by atoms with Gasteiger partial charge in [0.2, 0.25) is 0 Å². The van der Waals surface area contributed by atoms with Crippen molar-refractivity contribution in [3.05, 3.63) is 72.8 Å². The topological polar surface area (TPSA) is 32.7 Å². The molecule has 0 atom stereocenters. The van der Waals surface area contributed by atoms with Crippen molar-refractivity contribution in [2.45, 2.75) is 0 Å². The molecule has 0 aromatic heterocycles. The summed E-state index contributed by atoms with van der Waals surface area (Å²) in [6.07, 6.45) is 0. The van der Waals surface area contributed by atoms with Crippen LogP contribution in [0, 0.1) is 0 Å². The summed E-state index contributed by atoms with van der Waals surface area (Å²) in [4.78, 5) is 2.01. The molecule has 3 nitrogen and oxygen atoms in total. The first-order valence-corrected chi connectivity index (χ1v) is 8.40. The minimum absolute atomic E-state index is 0.0980. The lowest BCUT2D eigenvalue weighted by atomic mass is 9.92. The molecule has 0 fully saturated rings. The SMILES string of the molecule is COc1c(N(C)CCO)ccc(-c2ccccc2)c1-c1ccccc1. The molecule has 0 radical (unpaired) electrons. The molecule has 0 aliphatic heterocycles. The van der Waals surface area contributed by atoms with Crippen molar-refractivity contribution in [3.63, 3.8) is 0 Å². The molecule has 0 amide bonds. The second-order valence-corrected chi connectivity index (χ2v) is 5.92. The average molecular weight is 333 g/mol. The van der Waals surface area contributed by atoms with Crippen molar-refractivity contribution in [1.29, 1.82) is 0 Å². The Kier molecular flexibility index (Phi) is 5.36. The van der Waals surface area contributed by atoms with Gasteiger partial charge in [0.15, 0.2) is 5.75 Å². The van der Waals surface area contributed by atoms with Crippen LogP contribution in [0.5, 0.6) is 5.75 Å². The van der Waals surface area contributed by atoms with Crippen molar-refractivity contribution < 1.29 is 9.84 Å². The predicted octanol–water partition coefficient (Wildman–Crippen LogP) is 4.46. The Morgan fingerprint density at radius 3 is 2.00 bits per heavy atom. The van der Waals surface area contributed by atoms with Crippen LogP contribution in [0.25, 0.3) is 22.3 Å². The Labute approximate surface area is 149 Å². The molecular weight excluding hydrogens is 310 g/mol. The Morgan fingerprint density at radius 2 is 1.44 bits per heavy atom. The second-order valence-electron chi connectivity index (χ2n) is 5.92. The highest BCUT2D eigenvalue weighted by atomic mass is 16.5. The van der Waals surface area contributed by atoms with Crippen molar-refractivity contribution in [1.82, 2.24) is 0 Å². The zero-order valence-corrected chi connectivity index (χ0v) is 14.6. The third kappa shape index (κ3) is 3.52. The van der Waals surface area contributed by atoms with Gasteiger partial charge in [0.25, 0.3) is 0 Å². The molecule has 128 valence electrons. The molecular formula is C22H23NO2. The van der Waals surface area contributed by atoms with E-state index < -0.39 is 0 Å². The molecule has 3 aromatic carbocycles. The number of benzene rings is 3. The third-order valence-electron chi connectivity index (χ3n) is 4.33. The van der Waals surface area contributed by atoms with Gasteiger partial charge in [-0.15, -0.1) is 0 Å². The fourth-order valence-electron chi connectivity index (χ4n) is 3.10. The van der Waals surface area contributed by atoms with E-state index in [-0.39, 0.29) is 6.61 Å². The fourth-order valence-corrected chi connectivity index (χ4v) is 3.10. The summed E-state index contributed by atoms with van der Waals surface area (Å²) in [5, 5.41) is 9.30. The number of rotatable bonds is 6. The molecule has 0 aliphatic rings. The lowest BCUT2D eigenvalue weighted by molar-refractivity contribution is 0.303. The van der Waals surface area contributed by atoms with Crippen LogP contribution in [-0.2, 0) is 0 Å². The summed E-state index contributed by atoms with van der Waals surface area (Å²) in [6.45, 7) is 0.649. The summed E-state index contributed by atoms with van der Waals surface area (Å²) in [7, 11) is 3.66. The monoisotopic (exact) mass is 333 g/mol. The van der Waals surface area contributed by atoms with Gasteiger partial charge >= 0.3 is 0 Å². The number of methoxy groups -OCH3 is 1. The van der Waals surface area contributed by atoms with Crippen molar-refractivity contribution in [2.75, 3.05) is 32.2 Å². The lowest BCUT2D eigenvalue weighted by Gasteiger charge is -2.24. The number of hydrogen-bond acceptors (Lipinski definition) is 3. The van der Waals surface area contributed by atoms with Gasteiger partial charge in [0.05, 0.1) is 19.4 Å². The number of nitrogens with zero attached hydrogens (tertiary/aromatic N) is 1. The Bertz CT molecular complexity index is 816. The minimum atomic E-state index is 0.0980. The van der Waals surface area contributed by atoms with E-state index in [9.17, 15) is 5.11 Å². The highest BCUT2D eigenvalue weighted by Gasteiger charge is 2.19. The van der Waals surface area contributed by atoms with E-state index in [1.165, 1.54) is 0 Å². The molecule has 0 bridgehead atoms. The van der Waals surface area contributed by atoms with Crippen molar-refractivity contribution in [2.24, 2.45) is 0 Å². The molecule has 3 aromatic rings. The van der Waals surface area contributed by atoms with E-state index in [1.807, 2.05) is 48.3 Å². The quantitative estimate of drug-likeness (QED) is 0.723. The van der Waals surface area contributed by atoms with E-state index >= 15 is 0 Å². The van der Waals surface area contributed by atoms with Crippen LogP contribution in [0.1, 0.15) is 0 Å². The molecule has 0 unspecified atom stereocenters. The molecule has 0 saturated carbocycles. The highest BCUT2D eigenvalue weighted by molar-refractivity contribution is 5.92. The Balaban J connectivity index is 2.27. The average Bonchev–Trinajstić information content (AvgIpc) is 2.68. The number of aliphatic hydroxyl groups is 1. The maximum Gasteiger partial charge on any atom is 0.150 e. The van der Waals surface area contributed by atoms with Gasteiger partial charge in [0, 0.05) is 19.2 Å². The summed E-state index contributed by atoms with van der Waals surface area (Å²) < 4.78 is 5.84. The lowest BCUT2D eigenvalue weighted by Crippen LogP contribution is -2.22. The van der Waals surface area contributed by atoms with Crippen LogP contribution >= 0.6 is 0 Å². The van der Waals surface area contributed by atoms with Crippen LogP contribution in [-0.4, -0.2) is 32.4 Å². The van der Waals surface area contributed by atoms with Crippen molar-refractivity contribution >= 4 is 5.69 Å². The smallest absolute Gasteiger partial charge is 0.150 e. The summed E-state index contributed by atoms with van der Waals surface area (Å²) >= 11 is 0.